The number of benzene rings is 2. The summed E-state index contributed by atoms with van der Waals surface area (Å²) >= 11 is 0. The Kier molecular flexibility index (Phi) is 7.31. The number of methoxy groups -OCH3 is 1. The van der Waals surface area contributed by atoms with Crippen LogP contribution in [-0.2, 0) is 21.4 Å². The molecule has 2 fully saturated rings. The fourth-order valence-electron chi connectivity index (χ4n) is 5.24. The Labute approximate surface area is 202 Å². The van der Waals surface area contributed by atoms with Crippen LogP contribution in [0.25, 0.3) is 0 Å². The second-order valence-electron chi connectivity index (χ2n) is 9.57. The minimum Gasteiger partial charge on any atom is -0.496 e. The van der Waals surface area contributed by atoms with Crippen molar-refractivity contribution in [1.82, 2.24) is 14.9 Å². The van der Waals surface area contributed by atoms with Gasteiger partial charge in [0.05, 0.1) is 13.3 Å². The Balaban J connectivity index is 1.36. The van der Waals surface area contributed by atoms with Gasteiger partial charge >= 0.3 is 0 Å². The summed E-state index contributed by atoms with van der Waals surface area (Å²) in [6.45, 7) is 7.85. The molecule has 2 aromatic rings. The van der Waals surface area contributed by atoms with Crippen molar-refractivity contribution in [2.45, 2.75) is 51.6 Å². The first-order chi connectivity index (χ1) is 16.2. The number of piperidine rings is 1. The van der Waals surface area contributed by atoms with Gasteiger partial charge in [-0.15, -0.1) is 0 Å². The third kappa shape index (κ3) is 4.99. The van der Waals surface area contributed by atoms with Crippen molar-refractivity contribution in [2.24, 2.45) is 11.8 Å². The molecule has 3 unspecified atom stereocenters. The van der Waals surface area contributed by atoms with Gasteiger partial charge < -0.3 is 10.1 Å². The van der Waals surface area contributed by atoms with Crippen molar-refractivity contribution in [1.29, 1.82) is 0 Å². The molecule has 0 spiro atoms. The van der Waals surface area contributed by atoms with Crippen LogP contribution in [0.2, 0.25) is 0 Å². The molecule has 2 aromatic carbocycles. The number of carbonyl (C=O) groups is 1. The second kappa shape index (κ2) is 10.1. The Morgan fingerprint density at radius 2 is 1.82 bits per heavy atom. The minimum absolute atomic E-state index is 0.0404. The molecule has 184 valence electrons. The van der Waals surface area contributed by atoms with Crippen LogP contribution in [0.4, 0.5) is 0 Å². The molecule has 4 rings (SSSR count). The first-order valence-corrected chi connectivity index (χ1v) is 13.5. The number of ether oxygens (including phenoxy) is 1. The number of hydrogen-bond donors (Lipinski definition) is 2. The predicted molar refractivity (Wildman–Crippen MR) is 133 cm³/mol. The summed E-state index contributed by atoms with van der Waals surface area (Å²) in [4.78, 5) is 15.0. The number of likely N-dealkylation sites (tertiary alicyclic amines) is 1. The highest BCUT2D eigenvalue weighted by Crippen LogP contribution is 2.40. The molecular formula is C26H35N3O4S. The van der Waals surface area contributed by atoms with Crippen LogP contribution in [0, 0.1) is 25.7 Å². The number of amides is 1. The lowest BCUT2D eigenvalue weighted by molar-refractivity contribution is -0.126. The third-order valence-corrected chi connectivity index (χ3v) is 9.33. The molecule has 2 heterocycles. The van der Waals surface area contributed by atoms with Crippen LogP contribution in [0.5, 0.6) is 5.75 Å². The highest BCUT2D eigenvalue weighted by molar-refractivity contribution is 7.90. The summed E-state index contributed by atoms with van der Waals surface area (Å²) in [6, 6.07) is 13.6. The highest BCUT2D eigenvalue weighted by Gasteiger charge is 2.48. The zero-order valence-electron chi connectivity index (χ0n) is 20.4. The van der Waals surface area contributed by atoms with Gasteiger partial charge in [-0.3, -0.25) is 9.69 Å². The van der Waals surface area contributed by atoms with Crippen molar-refractivity contribution >= 4 is 15.9 Å². The fraction of sp³-hybridized carbons (Fsp3) is 0.500. The molecule has 0 saturated carbocycles. The van der Waals surface area contributed by atoms with Crippen molar-refractivity contribution in [3.05, 3.63) is 64.7 Å². The zero-order chi connectivity index (χ0) is 24.5. The number of nitrogens with zero attached hydrogens (tertiary/aromatic N) is 1. The number of carbonyl (C=O) groups excluding carboxylic acids is 1. The largest absolute Gasteiger partial charge is 0.496 e. The van der Waals surface area contributed by atoms with Gasteiger partial charge in [-0.25, -0.2) is 8.42 Å². The molecule has 2 N–H and O–H groups in total. The van der Waals surface area contributed by atoms with Crippen LogP contribution in [-0.4, -0.2) is 45.6 Å². The third-order valence-electron chi connectivity index (χ3n) is 7.39. The normalized spacial score (nSPS) is 25.2. The van der Waals surface area contributed by atoms with Crippen LogP contribution in [0.1, 0.15) is 47.3 Å². The van der Waals surface area contributed by atoms with E-state index in [0.29, 0.717) is 32.5 Å². The van der Waals surface area contributed by atoms with E-state index in [4.69, 9.17) is 4.74 Å². The molecule has 0 bridgehead atoms. The summed E-state index contributed by atoms with van der Waals surface area (Å²) in [5.74, 6) is 0.634. The topological polar surface area (TPSA) is 87.7 Å². The molecule has 34 heavy (non-hydrogen) atoms. The van der Waals surface area contributed by atoms with Crippen molar-refractivity contribution in [3.63, 3.8) is 0 Å². The van der Waals surface area contributed by atoms with Crippen molar-refractivity contribution in [2.75, 3.05) is 20.2 Å². The van der Waals surface area contributed by atoms with Gasteiger partial charge in [-0.2, -0.15) is 4.72 Å². The average molecular weight is 486 g/mol. The van der Waals surface area contributed by atoms with Crippen LogP contribution in [0.15, 0.2) is 42.5 Å². The lowest BCUT2D eigenvalue weighted by Crippen LogP contribution is -2.50. The maximum absolute atomic E-state index is 13.1. The Bertz CT molecular complexity index is 1140. The number of sulfonamides is 1. The van der Waals surface area contributed by atoms with Crippen molar-refractivity contribution < 1.29 is 17.9 Å². The summed E-state index contributed by atoms with van der Waals surface area (Å²) in [5, 5.41) is 2.47. The summed E-state index contributed by atoms with van der Waals surface area (Å²) in [5.41, 5.74) is 4.05. The SMILES string of the molecule is COc1ccccc1CNC(=O)C1CCN(C2NS(=O)(=O)C(c3ccc(C)c(C)c3)C2C)CC1. The van der Waals surface area contributed by atoms with Gasteiger partial charge in [-0.05, 0) is 49.4 Å². The van der Waals surface area contributed by atoms with E-state index in [1.165, 1.54) is 0 Å². The molecule has 3 atom stereocenters. The second-order valence-corrected chi connectivity index (χ2v) is 11.4. The molecule has 2 aliphatic heterocycles. The van der Waals surface area contributed by atoms with Gasteiger partial charge in [0.15, 0.2) is 0 Å². The van der Waals surface area contributed by atoms with Gasteiger partial charge in [0, 0.05) is 37.0 Å². The zero-order valence-corrected chi connectivity index (χ0v) is 21.2. The first kappa shape index (κ1) is 24.7. The Morgan fingerprint density at radius 3 is 2.50 bits per heavy atom. The monoisotopic (exact) mass is 485 g/mol. The van der Waals surface area contributed by atoms with Gasteiger partial charge in [0.25, 0.3) is 0 Å². The summed E-state index contributed by atoms with van der Waals surface area (Å²) in [7, 11) is -1.85. The molecular weight excluding hydrogens is 450 g/mol. The lowest BCUT2D eigenvalue weighted by atomic mass is 9.91. The van der Waals surface area contributed by atoms with E-state index < -0.39 is 15.3 Å². The lowest BCUT2D eigenvalue weighted by Gasteiger charge is -2.36. The van der Waals surface area contributed by atoms with Crippen LogP contribution < -0.4 is 14.8 Å². The van der Waals surface area contributed by atoms with E-state index in [0.717, 1.165) is 28.0 Å². The number of para-hydroxylation sites is 1. The highest BCUT2D eigenvalue weighted by atomic mass is 32.2. The molecule has 2 aliphatic rings. The number of rotatable bonds is 6. The van der Waals surface area contributed by atoms with E-state index in [2.05, 4.69) is 14.9 Å². The predicted octanol–water partition coefficient (Wildman–Crippen LogP) is 3.28. The van der Waals surface area contributed by atoms with E-state index >= 15 is 0 Å². The van der Waals surface area contributed by atoms with Gasteiger partial charge in [0.1, 0.15) is 11.0 Å². The Morgan fingerprint density at radius 1 is 1.12 bits per heavy atom. The van der Waals surface area contributed by atoms with Crippen LogP contribution in [0.3, 0.4) is 0 Å². The molecule has 0 aliphatic carbocycles. The molecule has 2 saturated heterocycles. The molecule has 7 nitrogen and oxygen atoms in total. The van der Waals surface area contributed by atoms with Gasteiger partial charge in [-0.1, -0.05) is 43.3 Å². The maximum Gasteiger partial charge on any atom is 0.223 e. The van der Waals surface area contributed by atoms with E-state index in [-0.39, 0.29) is 23.9 Å². The van der Waals surface area contributed by atoms with Crippen LogP contribution >= 0.6 is 0 Å². The Hall–Kier alpha value is -2.42. The molecule has 8 heteroatoms. The first-order valence-electron chi connectivity index (χ1n) is 11.9. The van der Waals surface area contributed by atoms with E-state index in [1.807, 2.05) is 63.2 Å². The fourth-order valence-corrected chi connectivity index (χ4v) is 7.31. The smallest absolute Gasteiger partial charge is 0.223 e. The summed E-state index contributed by atoms with van der Waals surface area (Å²) in [6.07, 6.45) is 1.16. The maximum atomic E-state index is 13.1. The van der Waals surface area contributed by atoms with Crippen molar-refractivity contribution in [3.8, 4) is 5.75 Å². The molecule has 0 aromatic heterocycles. The number of nitrogens with one attached hydrogen (secondary N) is 2. The number of aryl methyl sites for hydroxylation is 2. The minimum atomic E-state index is -3.48. The molecule has 0 radical (unpaired) electrons. The van der Waals surface area contributed by atoms with E-state index in [9.17, 15) is 13.2 Å². The van der Waals surface area contributed by atoms with E-state index in [1.54, 1.807) is 7.11 Å². The molecule has 1 amide bonds. The average Bonchev–Trinajstić information content (AvgIpc) is 3.08. The van der Waals surface area contributed by atoms with Gasteiger partial charge in [0.2, 0.25) is 15.9 Å². The number of hydrogen-bond acceptors (Lipinski definition) is 5. The standard InChI is InChI=1S/C26H35N3O4S/c1-17-9-10-21(15-18(17)2)24-19(3)25(28-34(24,31)32)29-13-11-20(12-14-29)26(30)27-16-22-7-5-6-8-23(22)33-4/h5-10,15,19-20,24-25,28H,11-14,16H2,1-4H3,(H,27,30). The summed E-state index contributed by atoms with van der Waals surface area (Å²) < 4.78 is 34.4. The quantitative estimate of drug-likeness (QED) is 0.656.